The van der Waals surface area contributed by atoms with Gasteiger partial charge < -0.3 is 13.4 Å². The molecule has 0 aliphatic rings. The Hall–Kier alpha value is -7.83. The Balaban J connectivity index is 1.02. The zero-order chi connectivity index (χ0) is 37.5. The zero-order valence-electron chi connectivity index (χ0n) is 30.4. The van der Waals surface area contributed by atoms with E-state index in [1.165, 1.54) is 10.8 Å². The molecule has 266 valence electrons. The molecule has 0 radical (unpaired) electrons. The fourth-order valence-electron chi connectivity index (χ4n) is 8.41. The maximum atomic E-state index is 6.49. The van der Waals surface area contributed by atoms with Gasteiger partial charge in [-0.15, -0.1) is 0 Å². The van der Waals surface area contributed by atoms with Crippen LogP contribution >= 0.6 is 0 Å². The van der Waals surface area contributed by atoms with E-state index >= 15 is 0 Å². The van der Waals surface area contributed by atoms with Crippen LogP contribution in [0.15, 0.2) is 191 Å². The summed E-state index contributed by atoms with van der Waals surface area (Å²) in [5, 5.41) is 6.58. The molecule has 0 fully saturated rings. The highest BCUT2D eigenvalue weighted by Crippen LogP contribution is 2.41. The van der Waals surface area contributed by atoms with Crippen LogP contribution in [0.3, 0.4) is 0 Å². The van der Waals surface area contributed by atoms with Crippen molar-refractivity contribution in [2.75, 3.05) is 0 Å². The molecule has 6 nitrogen and oxygen atoms in total. The fourth-order valence-corrected chi connectivity index (χ4v) is 8.41. The molecule has 0 aliphatic heterocycles. The quantitative estimate of drug-likeness (QED) is 0.176. The standard InChI is InChI=1S/C51H30N4O2/c1-3-12-31(13-4-1)49-52-50(32-14-5-2-6-15-32)54-51(53-49)38-18-11-21-47-48(38)41-29-34(23-26-46(41)57-47)33-22-25-43-39(28-33)36-16-7-9-19-42(36)55(43)35-24-27-45-40(30-35)37-17-8-10-20-44(37)56-45/h1-30H. The van der Waals surface area contributed by atoms with Crippen molar-refractivity contribution < 1.29 is 8.83 Å². The lowest BCUT2D eigenvalue weighted by Gasteiger charge is -2.09. The molecule has 0 N–H and O–H groups in total. The summed E-state index contributed by atoms with van der Waals surface area (Å²) in [6.07, 6.45) is 0. The number of hydrogen-bond acceptors (Lipinski definition) is 5. The van der Waals surface area contributed by atoms with Crippen LogP contribution in [0.25, 0.3) is 117 Å². The predicted molar refractivity (Wildman–Crippen MR) is 230 cm³/mol. The highest BCUT2D eigenvalue weighted by Gasteiger charge is 2.20. The smallest absolute Gasteiger partial charge is 0.164 e. The Bertz CT molecular complexity index is 3470. The molecule has 0 spiro atoms. The Morgan fingerprint density at radius 2 is 0.895 bits per heavy atom. The van der Waals surface area contributed by atoms with Crippen molar-refractivity contribution in [2.24, 2.45) is 0 Å². The number of rotatable bonds is 5. The first-order valence-corrected chi connectivity index (χ1v) is 19.0. The highest BCUT2D eigenvalue weighted by molar-refractivity contribution is 6.14. The average molecular weight is 731 g/mol. The summed E-state index contributed by atoms with van der Waals surface area (Å²) in [7, 11) is 0. The van der Waals surface area contributed by atoms with Gasteiger partial charge in [-0.05, 0) is 71.8 Å². The normalized spacial score (nSPS) is 11.9. The largest absolute Gasteiger partial charge is 0.456 e. The number of furan rings is 2. The Morgan fingerprint density at radius 3 is 1.68 bits per heavy atom. The molecule has 12 rings (SSSR count). The van der Waals surface area contributed by atoms with E-state index in [0.29, 0.717) is 17.5 Å². The average Bonchev–Trinajstić information content (AvgIpc) is 3.95. The molecular formula is C51H30N4O2. The summed E-state index contributed by atoms with van der Waals surface area (Å²) < 4.78 is 15.0. The lowest BCUT2D eigenvalue weighted by Crippen LogP contribution is -2.00. The van der Waals surface area contributed by atoms with Crippen molar-refractivity contribution in [1.29, 1.82) is 0 Å². The first kappa shape index (κ1) is 31.5. The van der Waals surface area contributed by atoms with Crippen LogP contribution in [0.1, 0.15) is 0 Å². The van der Waals surface area contributed by atoms with E-state index in [1.807, 2.05) is 84.9 Å². The number of hydrogen-bond donors (Lipinski definition) is 0. The van der Waals surface area contributed by atoms with Gasteiger partial charge in [0.15, 0.2) is 17.5 Å². The lowest BCUT2D eigenvalue weighted by molar-refractivity contribution is 0.668. The molecule has 4 aromatic heterocycles. The second-order valence-electron chi connectivity index (χ2n) is 14.4. The number of benzene rings is 8. The molecular weight excluding hydrogens is 701 g/mol. The molecule has 4 heterocycles. The third-order valence-corrected chi connectivity index (χ3v) is 11.1. The van der Waals surface area contributed by atoms with Crippen LogP contribution in [-0.2, 0) is 0 Å². The topological polar surface area (TPSA) is 69.9 Å². The van der Waals surface area contributed by atoms with E-state index in [4.69, 9.17) is 23.8 Å². The molecule has 0 saturated heterocycles. The summed E-state index contributed by atoms with van der Waals surface area (Å²) in [6, 6.07) is 62.8. The number of para-hydroxylation sites is 2. The second kappa shape index (κ2) is 12.3. The number of nitrogens with zero attached hydrogens (tertiary/aromatic N) is 4. The van der Waals surface area contributed by atoms with Crippen molar-refractivity contribution in [3.05, 3.63) is 182 Å². The number of fused-ring (bicyclic) bond motifs is 9. The first-order chi connectivity index (χ1) is 28.2. The molecule has 0 saturated carbocycles. The Labute approximate surface area is 325 Å². The van der Waals surface area contributed by atoms with E-state index in [2.05, 4.69) is 102 Å². The van der Waals surface area contributed by atoms with Gasteiger partial charge in [0.05, 0.1) is 11.0 Å². The molecule has 12 aromatic rings. The molecule has 0 atom stereocenters. The minimum absolute atomic E-state index is 0.595. The van der Waals surface area contributed by atoms with Gasteiger partial charge in [-0.25, -0.2) is 15.0 Å². The summed E-state index contributed by atoms with van der Waals surface area (Å²) in [6.45, 7) is 0. The van der Waals surface area contributed by atoms with Crippen molar-refractivity contribution in [2.45, 2.75) is 0 Å². The minimum Gasteiger partial charge on any atom is -0.456 e. The van der Waals surface area contributed by atoms with Crippen molar-refractivity contribution >= 4 is 65.7 Å². The van der Waals surface area contributed by atoms with Gasteiger partial charge in [0.2, 0.25) is 0 Å². The Kier molecular flexibility index (Phi) is 6.83. The van der Waals surface area contributed by atoms with E-state index in [9.17, 15) is 0 Å². The van der Waals surface area contributed by atoms with Crippen LogP contribution in [0, 0.1) is 0 Å². The van der Waals surface area contributed by atoms with E-state index in [0.717, 1.165) is 88.4 Å². The van der Waals surface area contributed by atoms with Crippen LogP contribution in [0.2, 0.25) is 0 Å². The van der Waals surface area contributed by atoms with Crippen molar-refractivity contribution in [3.63, 3.8) is 0 Å². The van der Waals surface area contributed by atoms with Crippen molar-refractivity contribution in [1.82, 2.24) is 19.5 Å². The SMILES string of the molecule is c1ccc(-c2nc(-c3ccccc3)nc(-c3cccc4oc5ccc(-c6ccc7c(c6)c6ccccc6n7-c6ccc7oc8ccccc8c7c6)cc5c34)n2)cc1. The monoisotopic (exact) mass is 730 g/mol. The molecule has 0 bridgehead atoms. The van der Waals surface area contributed by atoms with Gasteiger partial charge in [-0.3, -0.25) is 0 Å². The van der Waals surface area contributed by atoms with E-state index < -0.39 is 0 Å². The fraction of sp³-hybridized carbons (Fsp3) is 0. The summed E-state index contributed by atoms with van der Waals surface area (Å²) in [5.41, 5.74) is 11.7. The van der Waals surface area contributed by atoms with Gasteiger partial charge in [0, 0.05) is 54.7 Å². The van der Waals surface area contributed by atoms with Crippen molar-refractivity contribution in [3.8, 4) is 51.0 Å². The highest BCUT2D eigenvalue weighted by atomic mass is 16.3. The van der Waals surface area contributed by atoms with Crippen LogP contribution < -0.4 is 0 Å². The molecule has 0 aliphatic carbocycles. The van der Waals surface area contributed by atoms with Gasteiger partial charge in [-0.1, -0.05) is 121 Å². The molecule has 0 unspecified atom stereocenters. The molecule has 6 heteroatoms. The summed E-state index contributed by atoms with van der Waals surface area (Å²) >= 11 is 0. The molecule has 57 heavy (non-hydrogen) atoms. The maximum absolute atomic E-state index is 6.49. The van der Waals surface area contributed by atoms with E-state index in [-0.39, 0.29) is 0 Å². The summed E-state index contributed by atoms with van der Waals surface area (Å²) in [5.74, 6) is 1.84. The maximum Gasteiger partial charge on any atom is 0.164 e. The van der Waals surface area contributed by atoms with Crippen LogP contribution in [0.5, 0.6) is 0 Å². The first-order valence-electron chi connectivity index (χ1n) is 19.0. The van der Waals surface area contributed by atoms with E-state index in [1.54, 1.807) is 0 Å². The third-order valence-electron chi connectivity index (χ3n) is 11.1. The van der Waals surface area contributed by atoms with Gasteiger partial charge in [-0.2, -0.15) is 0 Å². The minimum atomic E-state index is 0.595. The van der Waals surface area contributed by atoms with Crippen LogP contribution in [-0.4, -0.2) is 19.5 Å². The number of aromatic nitrogens is 4. The zero-order valence-corrected chi connectivity index (χ0v) is 30.4. The Morgan fingerprint density at radius 1 is 0.333 bits per heavy atom. The van der Waals surface area contributed by atoms with Gasteiger partial charge >= 0.3 is 0 Å². The van der Waals surface area contributed by atoms with Crippen LogP contribution in [0.4, 0.5) is 0 Å². The lowest BCUT2D eigenvalue weighted by atomic mass is 9.99. The predicted octanol–water partition coefficient (Wildman–Crippen LogP) is 13.4. The van der Waals surface area contributed by atoms with Gasteiger partial charge in [0.25, 0.3) is 0 Å². The van der Waals surface area contributed by atoms with Gasteiger partial charge in [0.1, 0.15) is 22.3 Å². The third kappa shape index (κ3) is 5.01. The summed E-state index contributed by atoms with van der Waals surface area (Å²) in [4.78, 5) is 15.0. The second-order valence-corrected chi connectivity index (χ2v) is 14.4. The molecule has 0 amide bonds. The molecule has 8 aromatic carbocycles.